The van der Waals surface area contributed by atoms with Gasteiger partial charge in [0.15, 0.2) is 0 Å². The summed E-state index contributed by atoms with van der Waals surface area (Å²) < 4.78 is 49.6. The van der Waals surface area contributed by atoms with E-state index in [1.54, 1.807) is 24.4 Å². The van der Waals surface area contributed by atoms with E-state index >= 15 is 0 Å². The molecule has 0 aliphatic rings. The maximum absolute atomic E-state index is 14.2. The Morgan fingerprint density at radius 2 is 2.12 bits per heavy atom. The van der Waals surface area contributed by atoms with Crippen molar-refractivity contribution in [1.29, 1.82) is 0 Å². The summed E-state index contributed by atoms with van der Waals surface area (Å²) in [5.41, 5.74) is 0.126. The molecule has 132 valence electrons. The molecule has 3 aromatic rings. The first-order valence-electron chi connectivity index (χ1n) is 7.20. The molecule has 6 nitrogen and oxygen atoms in total. The number of halogens is 1. The number of hydrogen-bond acceptors (Lipinski definition) is 6. The lowest BCUT2D eigenvalue weighted by Crippen LogP contribution is -2.23. The molecule has 0 spiro atoms. The average molecular weight is 400 g/mol. The molecule has 0 amide bonds. The molecule has 1 aromatic carbocycles. The van der Waals surface area contributed by atoms with Crippen molar-refractivity contribution in [2.75, 3.05) is 6.61 Å². The van der Waals surface area contributed by atoms with Crippen LogP contribution in [0.3, 0.4) is 0 Å². The predicted octanol–water partition coefficient (Wildman–Crippen LogP) is 2.76. The summed E-state index contributed by atoms with van der Waals surface area (Å²) >= 11 is 2.03. The smallest absolute Gasteiger partial charge is 0.326 e. The predicted molar refractivity (Wildman–Crippen MR) is 93.5 cm³/mol. The molecule has 0 unspecified atom stereocenters. The Morgan fingerprint density at radius 1 is 1.32 bits per heavy atom. The molecule has 2 heterocycles. The van der Waals surface area contributed by atoms with Crippen LogP contribution < -0.4 is 4.80 Å². The lowest BCUT2D eigenvalue weighted by Gasteiger charge is -2.05. The number of carbonyl (C=O) groups excluding carboxylic acids is 1. The van der Waals surface area contributed by atoms with Crippen LogP contribution in [0.25, 0.3) is 10.2 Å². The number of carbonyl (C=O) groups is 1. The number of nitrogens with zero attached hydrogens (tertiary/aromatic N) is 2. The minimum absolute atomic E-state index is 0.0153. The van der Waals surface area contributed by atoms with Crippen molar-refractivity contribution in [2.24, 2.45) is 4.40 Å². The van der Waals surface area contributed by atoms with Crippen LogP contribution >= 0.6 is 22.7 Å². The van der Waals surface area contributed by atoms with Crippen LogP contribution in [0.15, 0.2) is 44.3 Å². The molecule has 0 aliphatic carbocycles. The molecular weight excluding hydrogens is 387 g/mol. The fourth-order valence-electron chi connectivity index (χ4n) is 2.20. The summed E-state index contributed by atoms with van der Waals surface area (Å²) in [5, 5.41) is 1.62. The molecule has 0 fully saturated rings. The SMILES string of the molecule is CCOC(=O)Cn1/c(=N/S(=O)(=O)c2cccs2)sc2cccc(F)c21. The molecule has 0 N–H and O–H groups in total. The minimum Gasteiger partial charge on any atom is -0.465 e. The normalized spacial score (nSPS) is 12.6. The zero-order valence-electron chi connectivity index (χ0n) is 13.0. The van der Waals surface area contributed by atoms with Gasteiger partial charge in [-0.15, -0.1) is 15.7 Å². The second-order valence-corrected chi connectivity index (χ2v) is 8.65. The van der Waals surface area contributed by atoms with E-state index in [4.69, 9.17) is 4.74 Å². The Hall–Kier alpha value is -2.04. The van der Waals surface area contributed by atoms with E-state index in [-0.39, 0.29) is 27.7 Å². The van der Waals surface area contributed by atoms with Gasteiger partial charge in [0.2, 0.25) is 4.80 Å². The van der Waals surface area contributed by atoms with Crippen molar-refractivity contribution >= 4 is 48.9 Å². The highest BCUT2D eigenvalue weighted by atomic mass is 32.2. The van der Waals surface area contributed by atoms with Crippen LogP contribution in [0.4, 0.5) is 4.39 Å². The Kier molecular flexibility index (Phi) is 5.02. The van der Waals surface area contributed by atoms with Gasteiger partial charge in [0.1, 0.15) is 16.6 Å². The number of rotatable bonds is 5. The van der Waals surface area contributed by atoms with E-state index in [1.165, 1.54) is 22.8 Å². The third kappa shape index (κ3) is 3.65. The first-order chi connectivity index (χ1) is 11.9. The second kappa shape index (κ2) is 7.06. The van der Waals surface area contributed by atoms with Crippen molar-refractivity contribution in [1.82, 2.24) is 4.57 Å². The Labute approximate surface area is 150 Å². The maximum Gasteiger partial charge on any atom is 0.326 e. The standard InChI is InChI=1S/C15H13FN2O4S3/c1-2-22-12(19)9-18-14-10(16)5-3-6-11(14)24-15(18)17-25(20,21)13-7-4-8-23-13/h3-8H,2,9H2,1H3/b17-15-. The van der Waals surface area contributed by atoms with Crippen LogP contribution in [0.5, 0.6) is 0 Å². The molecule has 2 aromatic heterocycles. The van der Waals surface area contributed by atoms with Crippen LogP contribution in [-0.4, -0.2) is 25.6 Å². The molecule has 0 atom stereocenters. The van der Waals surface area contributed by atoms with Gasteiger partial charge in [-0.2, -0.15) is 8.42 Å². The lowest BCUT2D eigenvalue weighted by atomic mass is 10.3. The fraction of sp³-hybridized carbons (Fsp3) is 0.200. The minimum atomic E-state index is -3.94. The van der Waals surface area contributed by atoms with Crippen molar-refractivity contribution in [3.05, 3.63) is 46.3 Å². The highest BCUT2D eigenvalue weighted by molar-refractivity contribution is 7.92. The van der Waals surface area contributed by atoms with Gasteiger partial charge < -0.3 is 9.30 Å². The van der Waals surface area contributed by atoms with E-state index in [0.29, 0.717) is 4.70 Å². The zero-order chi connectivity index (χ0) is 18.0. The molecule has 0 bridgehead atoms. The Balaban J connectivity index is 2.22. The molecule has 0 saturated carbocycles. The maximum atomic E-state index is 14.2. The van der Waals surface area contributed by atoms with Gasteiger partial charge >= 0.3 is 5.97 Å². The van der Waals surface area contributed by atoms with Crippen LogP contribution in [0.2, 0.25) is 0 Å². The number of thiophene rings is 1. The van der Waals surface area contributed by atoms with Crippen LogP contribution in [0.1, 0.15) is 6.92 Å². The molecule has 10 heteroatoms. The third-order valence-electron chi connectivity index (χ3n) is 3.19. The van der Waals surface area contributed by atoms with E-state index in [9.17, 15) is 17.6 Å². The van der Waals surface area contributed by atoms with E-state index in [2.05, 4.69) is 4.40 Å². The van der Waals surface area contributed by atoms with Gasteiger partial charge in [0, 0.05) is 0 Å². The molecule has 3 rings (SSSR count). The molecule has 0 saturated heterocycles. The quantitative estimate of drug-likeness (QED) is 0.617. The number of sulfonamides is 1. The number of ether oxygens (including phenoxy) is 1. The van der Waals surface area contributed by atoms with Crippen LogP contribution in [-0.2, 0) is 26.1 Å². The van der Waals surface area contributed by atoms with Gasteiger partial charge in [0.05, 0.1) is 16.8 Å². The zero-order valence-corrected chi connectivity index (χ0v) is 15.5. The number of benzene rings is 1. The largest absolute Gasteiger partial charge is 0.465 e. The third-order valence-corrected chi connectivity index (χ3v) is 6.99. The number of aromatic nitrogens is 1. The van der Waals surface area contributed by atoms with Gasteiger partial charge in [-0.05, 0) is 30.5 Å². The summed E-state index contributed by atoms with van der Waals surface area (Å²) in [4.78, 5) is 11.9. The first kappa shape index (κ1) is 17.8. The molecular formula is C15H13FN2O4S3. The monoisotopic (exact) mass is 400 g/mol. The summed E-state index contributed by atoms with van der Waals surface area (Å²) in [6.45, 7) is 1.50. The van der Waals surface area contributed by atoms with Gasteiger partial charge in [-0.25, -0.2) is 4.39 Å². The summed E-state index contributed by atoms with van der Waals surface area (Å²) in [7, 11) is -3.94. The van der Waals surface area contributed by atoms with Gasteiger partial charge in [-0.1, -0.05) is 23.5 Å². The summed E-state index contributed by atoms with van der Waals surface area (Å²) in [6.07, 6.45) is 0. The Morgan fingerprint density at radius 3 is 2.80 bits per heavy atom. The van der Waals surface area contributed by atoms with Crippen molar-refractivity contribution in [3.63, 3.8) is 0 Å². The number of esters is 1. The number of fused-ring (bicyclic) bond motifs is 1. The Bertz CT molecular complexity index is 1080. The van der Waals surface area contributed by atoms with Gasteiger partial charge in [-0.3, -0.25) is 4.79 Å². The summed E-state index contributed by atoms with van der Waals surface area (Å²) in [6, 6.07) is 7.44. The fourth-order valence-corrected chi connectivity index (χ4v) is 5.41. The van der Waals surface area contributed by atoms with Gasteiger partial charge in [0.25, 0.3) is 10.0 Å². The topological polar surface area (TPSA) is 77.7 Å². The van der Waals surface area contributed by atoms with Crippen molar-refractivity contribution in [2.45, 2.75) is 17.7 Å². The molecule has 0 radical (unpaired) electrons. The highest BCUT2D eigenvalue weighted by Crippen LogP contribution is 2.22. The van der Waals surface area contributed by atoms with E-state index in [0.717, 1.165) is 22.7 Å². The molecule has 25 heavy (non-hydrogen) atoms. The van der Waals surface area contributed by atoms with E-state index < -0.39 is 21.8 Å². The highest BCUT2D eigenvalue weighted by Gasteiger charge is 2.18. The van der Waals surface area contributed by atoms with Crippen LogP contribution in [0, 0.1) is 5.82 Å². The lowest BCUT2D eigenvalue weighted by molar-refractivity contribution is -0.143. The number of hydrogen-bond donors (Lipinski definition) is 0. The number of thiazole rings is 1. The van der Waals surface area contributed by atoms with Crippen molar-refractivity contribution in [3.8, 4) is 0 Å². The second-order valence-electron chi connectivity index (χ2n) is 4.86. The average Bonchev–Trinajstić information content (AvgIpc) is 3.17. The van der Waals surface area contributed by atoms with Crippen molar-refractivity contribution < 1.29 is 22.3 Å². The summed E-state index contributed by atoms with van der Waals surface area (Å²) in [5.74, 6) is -1.16. The number of para-hydroxylation sites is 1. The first-order valence-corrected chi connectivity index (χ1v) is 10.3. The van der Waals surface area contributed by atoms with E-state index in [1.807, 2.05) is 0 Å². The molecule has 0 aliphatic heterocycles.